The highest BCUT2D eigenvalue weighted by molar-refractivity contribution is 5.75. The third-order valence-electron chi connectivity index (χ3n) is 6.07. The van der Waals surface area contributed by atoms with Gasteiger partial charge >= 0.3 is 17.8 Å². The number of fused-ring (bicyclic) bond motifs is 1. The average molecular weight is 567 g/mol. The molecule has 1 fully saturated rings. The Labute approximate surface area is 228 Å². The molecule has 1 aromatic carbocycles. The smallest absolute Gasteiger partial charge is 0.490 e. The van der Waals surface area contributed by atoms with Gasteiger partial charge in [0.25, 0.3) is 5.56 Å². The molecule has 0 amide bonds. The van der Waals surface area contributed by atoms with Gasteiger partial charge in [0, 0.05) is 46.3 Å². The summed E-state index contributed by atoms with van der Waals surface area (Å²) in [5.74, 6) is -1.25. The van der Waals surface area contributed by atoms with Crippen LogP contribution in [0.1, 0.15) is 20.3 Å². The van der Waals surface area contributed by atoms with Crippen molar-refractivity contribution in [2.45, 2.75) is 39.5 Å². The number of alkyl halides is 3. The van der Waals surface area contributed by atoms with E-state index in [2.05, 4.69) is 16.3 Å². The first-order chi connectivity index (χ1) is 18.9. The van der Waals surface area contributed by atoms with Crippen LogP contribution in [0.4, 0.5) is 19.1 Å². The molecule has 11 nitrogen and oxygen atoms in total. The van der Waals surface area contributed by atoms with Crippen molar-refractivity contribution in [1.82, 2.24) is 24.0 Å². The first-order valence-electron chi connectivity index (χ1n) is 12.7. The van der Waals surface area contributed by atoms with Crippen LogP contribution in [0.15, 0.2) is 51.6 Å². The van der Waals surface area contributed by atoms with Crippen LogP contribution in [-0.4, -0.2) is 68.7 Å². The van der Waals surface area contributed by atoms with Crippen LogP contribution in [0.3, 0.4) is 0 Å². The number of para-hydroxylation sites is 1. The van der Waals surface area contributed by atoms with Gasteiger partial charge in [-0.25, -0.2) is 9.59 Å². The lowest BCUT2D eigenvalue weighted by atomic mass is 10.3. The number of hydrogen-bond acceptors (Lipinski definition) is 7. The number of allylic oxidation sites excluding steroid dienone is 2. The van der Waals surface area contributed by atoms with E-state index < -0.39 is 12.1 Å². The number of aryl methyl sites for hydroxylation is 1. The molecule has 40 heavy (non-hydrogen) atoms. The van der Waals surface area contributed by atoms with Crippen LogP contribution in [0.5, 0.6) is 5.75 Å². The Bertz CT molecular complexity index is 1450. The summed E-state index contributed by atoms with van der Waals surface area (Å²) < 4.78 is 42.2. The van der Waals surface area contributed by atoms with Crippen LogP contribution in [0, 0.1) is 0 Å². The van der Waals surface area contributed by atoms with Crippen molar-refractivity contribution in [1.29, 1.82) is 0 Å². The SMILES string of the molecule is CC(C)=CCn1c(N2CCNCC2)nc2c1c(=O)n(CCCOc1ccccc1)c(=O)n2C.O=C(O)C(F)(F)F. The van der Waals surface area contributed by atoms with E-state index >= 15 is 0 Å². The molecule has 4 rings (SSSR count). The fourth-order valence-corrected chi connectivity index (χ4v) is 4.04. The monoisotopic (exact) mass is 566 g/mol. The number of rotatable bonds is 8. The second-order valence-electron chi connectivity index (χ2n) is 9.33. The van der Waals surface area contributed by atoms with Crippen LogP contribution >= 0.6 is 0 Å². The number of carboxylic acid groups (broad SMARTS) is 1. The quantitative estimate of drug-likeness (QED) is 0.315. The molecule has 1 aliphatic heterocycles. The van der Waals surface area contributed by atoms with Crippen molar-refractivity contribution in [2.75, 3.05) is 37.7 Å². The van der Waals surface area contributed by atoms with Crippen LogP contribution in [0.25, 0.3) is 11.2 Å². The average Bonchev–Trinajstić information content (AvgIpc) is 3.31. The highest BCUT2D eigenvalue weighted by Crippen LogP contribution is 2.21. The number of piperazine rings is 1. The van der Waals surface area contributed by atoms with Gasteiger partial charge in [-0.15, -0.1) is 0 Å². The number of carboxylic acids is 1. The Hall–Kier alpha value is -4.07. The number of carbonyl (C=O) groups is 1. The van der Waals surface area contributed by atoms with E-state index in [1.165, 1.54) is 9.13 Å². The van der Waals surface area contributed by atoms with Crippen LogP contribution in [-0.2, 0) is 24.9 Å². The number of nitrogens with zero attached hydrogens (tertiary/aromatic N) is 5. The van der Waals surface area contributed by atoms with Gasteiger partial charge in [-0.3, -0.25) is 13.9 Å². The van der Waals surface area contributed by atoms with Crippen molar-refractivity contribution < 1.29 is 27.8 Å². The number of imidazole rings is 1. The third kappa shape index (κ3) is 7.52. The molecule has 0 bridgehead atoms. The number of ether oxygens (including phenoxy) is 1. The van der Waals surface area contributed by atoms with E-state index in [1.54, 1.807) is 7.05 Å². The number of halogens is 3. The molecule has 2 aromatic heterocycles. The van der Waals surface area contributed by atoms with Crippen molar-refractivity contribution in [2.24, 2.45) is 7.05 Å². The highest BCUT2D eigenvalue weighted by Gasteiger charge is 2.38. The number of nitrogens with one attached hydrogen (secondary N) is 1. The molecular weight excluding hydrogens is 533 g/mol. The maximum Gasteiger partial charge on any atom is 0.490 e. The summed E-state index contributed by atoms with van der Waals surface area (Å²) in [6, 6.07) is 9.52. The van der Waals surface area contributed by atoms with Crippen LogP contribution in [0.2, 0.25) is 0 Å². The number of anilines is 1. The van der Waals surface area contributed by atoms with Crippen molar-refractivity contribution in [3.8, 4) is 5.75 Å². The highest BCUT2D eigenvalue weighted by atomic mass is 19.4. The Balaban J connectivity index is 0.000000559. The first-order valence-corrected chi connectivity index (χ1v) is 12.7. The normalized spacial score (nSPS) is 13.5. The summed E-state index contributed by atoms with van der Waals surface area (Å²) in [6.07, 6.45) is -2.46. The molecule has 218 valence electrons. The minimum Gasteiger partial charge on any atom is -0.494 e. The predicted molar refractivity (Wildman–Crippen MR) is 144 cm³/mol. The lowest BCUT2D eigenvalue weighted by Crippen LogP contribution is -2.44. The molecule has 0 atom stereocenters. The summed E-state index contributed by atoms with van der Waals surface area (Å²) in [6.45, 7) is 8.62. The van der Waals surface area contributed by atoms with E-state index in [9.17, 15) is 22.8 Å². The van der Waals surface area contributed by atoms with E-state index in [0.717, 1.165) is 43.4 Å². The molecule has 3 aromatic rings. The minimum absolute atomic E-state index is 0.283. The third-order valence-corrected chi connectivity index (χ3v) is 6.07. The Morgan fingerprint density at radius 1 is 1.12 bits per heavy atom. The van der Waals surface area contributed by atoms with Gasteiger partial charge < -0.3 is 24.6 Å². The van der Waals surface area contributed by atoms with Crippen molar-refractivity contribution in [3.63, 3.8) is 0 Å². The zero-order valence-electron chi connectivity index (χ0n) is 22.6. The van der Waals surface area contributed by atoms with Gasteiger partial charge in [-0.1, -0.05) is 29.8 Å². The second kappa shape index (κ2) is 13.3. The second-order valence-corrected chi connectivity index (χ2v) is 9.33. The molecule has 0 radical (unpaired) electrons. The topological polar surface area (TPSA) is 124 Å². The standard InChI is InChI=1S/C24H32N6O3.C2HF3O2/c1-18(2)10-14-29-20-21(26-23(29)28-15-11-25-12-16-28)27(3)24(32)30(22(20)31)13-7-17-33-19-8-5-4-6-9-19;3-2(4,5)1(6)7/h4-6,8-10,25H,7,11-17H2,1-3H3;(H,6,7). The Morgan fingerprint density at radius 3 is 2.33 bits per heavy atom. The van der Waals surface area contributed by atoms with Crippen LogP contribution < -0.4 is 26.2 Å². The maximum atomic E-state index is 13.5. The van der Waals surface area contributed by atoms with Gasteiger partial charge in [0.05, 0.1) is 6.61 Å². The van der Waals surface area contributed by atoms with Crippen molar-refractivity contribution >= 4 is 23.1 Å². The van der Waals surface area contributed by atoms with E-state index in [4.69, 9.17) is 19.6 Å². The summed E-state index contributed by atoms with van der Waals surface area (Å²) in [4.78, 5) is 42.4. The largest absolute Gasteiger partial charge is 0.494 e. The first kappa shape index (κ1) is 30.5. The molecule has 2 N–H and O–H groups in total. The van der Waals surface area contributed by atoms with Gasteiger partial charge in [0.1, 0.15) is 5.75 Å². The minimum atomic E-state index is -5.08. The zero-order valence-corrected chi connectivity index (χ0v) is 22.6. The molecule has 1 aliphatic rings. The molecule has 0 aliphatic carbocycles. The van der Waals surface area contributed by atoms with Gasteiger partial charge in [-0.05, 0) is 32.4 Å². The van der Waals surface area contributed by atoms with E-state index in [1.807, 2.05) is 48.7 Å². The molecular formula is C26H33F3N6O5. The fraction of sp³-hybridized carbons (Fsp3) is 0.462. The fourth-order valence-electron chi connectivity index (χ4n) is 4.04. The molecule has 1 saturated heterocycles. The van der Waals surface area contributed by atoms with Gasteiger partial charge in [0.2, 0.25) is 5.95 Å². The summed E-state index contributed by atoms with van der Waals surface area (Å²) in [7, 11) is 1.68. The van der Waals surface area contributed by atoms with Gasteiger partial charge in [-0.2, -0.15) is 18.2 Å². The molecule has 14 heteroatoms. The lowest BCUT2D eigenvalue weighted by molar-refractivity contribution is -0.192. The summed E-state index contributed by atoms with van der Waals surface area (Å²) in [5, 5.41) is 10.5. The lowest BCUT2D eigenvalue weighted by Gasteiger charge is -2.28. The summed E-state index contributed by atoms with van der Waals surface area (Å²) in [5.41, 5.74) is 1.39. The molecule has 3 heterocycles. The van der Waals surface area contributed by atoms with E-state index in [-0.39, 0.29) is 17.8 Å². The Morgan fingerprint density at radius 2 is 1.75 bits per heavy atom. The molecule has 0 unspecified atom stereocenters. The summed E-state index contributed by atoms with van der Waals surface area (Å²) >= 11 is 0. The predicted octanol–water partition coefficient (Wildman–Crippen LogP) is 2.37. The zero-order chi connectivity index (χ0) is 29.4. The van der Waals surface area contributed by atoms with Crippen molar-refractivity contribution in [3.05, 3.63) is 62.8 Å². The van der Waals surface area contributed by atoms with Gasteiger partial charge in [0.15, 0.2) is 11.2 Å². The molecule has 0 spiro atoms. The number of hydrogen-bond donors (Lipinski definition) is 2. The number of benzene rings is 1. The number of aliphatic carboxylic acids is 1. The number of aromatic nitrogens is 4. The Kier molecular flexibility index (Phi) is 10.2. The molecule has 0 saturated carbocycles. The maximum absolute atomic E-state index is 13.5. The van der Waals surface area contributed by atoms with E-state index in [0.29, 0.717) is 30.7 Å².